The van der Waals surface area contributed by atoms with Crippen LogP contribution in [0, 0.1) is 6.92 Å². The smallest absolute Gasteiger partial charge is 0.225 e. The number of ether oxygens (including phenoxy) is 1. The Balaban J connectivity index is 1.50. The zero-order valence-corrected chi connectivity index (χ0v) is 16.9. The molecular weight excluding hydrogens is 370 g/mol. The largest absolute Gasteiger partial charge is 0.497 e. The van der Waals surface area contributed by atoms with Gasteiger partial charge in [0.1, 0.15) is 11.6 Å². The Bertz CT molecular complexity index is 978. The number of rotatable bonds is 6. The summed E-state index contributed by atoms with van der Waals surface area (Å²) in [5.74, 6) is 3.41. The van der Waals surface area contributed by atoms with Gasteiger partial charge in [-0.3, -0.25) is 4.79 Å². The van der Waals surface area contributed by atoms with Crippen LogP contribution in [0.25, 0.3) is 5.69 Å². The topological polar surface area (TPSA) is 56.1 Å². The molecule has 0 saturated heterocycles. The van der Waals surface area contributed by atoms with Gasteiger partial charge in [0.2, 0.25) is 5.91 Å². The maximum Gasteiger partial charge on any atom is 0.225 e. The van der Waals surface area contributed by atoms with Gasteiger partial charge in [-0.2, -0.15) is 16.9 Å². The number of aromatic nitrogens is 2. The number of hydrogen-bond acceptors (Lipinski definition) is 4. The van der Waals surface area contributed by atoms with Crippen LogP contribution in [0.5, 0.6) is 5.75 Å². The first kappa shape index (κ1) is 18.6. The van der Waals surface area contributed by atoms with E-state index in [4.69, 9.17) is 9.84 Å². The van der Waals surface area contributed by atoms with Crippen LogP contribution in [-0.2, 0) is 22.7 Å². The maximum absolute atomic E-state index is 12.7. The van der Waals surface area contributed by atoms with E-state index < -0.39 is 0 Å². The Morgan fingerprint density at radius 1 is 1.14 bits per heavy atom. The Morgan fingerprint density at radius 2 is 1.89 bits per heavy atom. The normalized spacial score (nSPS) is 12.6. The lowest BCUT2D eigenvalue weighted by Gasteiger charge is -2.11. The van der Waals surface area contributed by atoms with E-state index in [2.05, 4.69) is 24.4 Å². The Labute approximate surface area is 169 Å². The first-order chi connectivity index (χ1) is 13.6. The fraction of sp³-hybridized carbons (Fsp3) is 0.273. The Kier molecular flexibility index (Phi) is 5.39. The van der Waals surface area contributed by atoms with Crippen molar-refractivity contribution in [2.75, 3.05) is 12.4 Å². The first-order valence-corrected chi connectivity index (χ1v) is 10.5. The SMILES string of the molecule is COc1ccc(CCC(=O)Nc2c3c(nn2-c2ccc(C)cc2)CSC3)cc1. The lowest BCUT2D eigenvalue weighted by atomic mass is 10.1. The molecule has 0 aliphatic carbocycles. The van der Waals surface area contributed by atoms with Crippen molar-refractivity contribution in [1.29, 1.82) is 0 Å². The van der Waals surface area contributed by atoms with Crippen molar-refractivity contribution in [3.8, 4) is 11.4 Å². The number of carbonyl (C=O) groups is 1. The van der Waals surface area contributed by atoms with Crippen molar-refractivity contribution >= 4 is 23.5 Å². The van der Waals surface area contributed by atoms with Crippen LogP contribution < -0.4 is 10.1 Å². The highest BCUT2D eigenvalue weighted by Crippen LogP contribution is 2.36. The number of amides is 1. The van der Waals surface area contributed by atoms with Gasteiger partial charge in [0.15, 0.2) is 0 Å². The molecule has 4 rings (SSSR count). The minimum Gasteiger partial charge on any atom is -0.497 e. The maximum atomic E-state index is 12.7. The summed E-state index contributed by atoms with van der Waals surface area (Å²) in [6.45, 7) is 2.06. The van der Waals surface area contributed by atoms with Crippen LogP contribution in [0.2, 0.25) is 0 Å². The second kappa shape index (κ2) is 8.10. The summed E-state index contributed by atoms with van der Waals surface area (Å²) in [5.41, 5.74) is 5.49. The van der Waals surface area contributed by atoms with E-state index in [1.807, 2.05) is 52.8 Å². The van der Waals surface area contributed by atoms with E-state index in [0.717, 1.165) is 45.6 Å². The third-order valence-electron chi connectivity index (χ3n) is 4.89. The van der Waals surface area contributed by atoms with Gasteiger partial charge in [-0.1, -0.05) is 29.8 Å². The van der Waals surface area contributed by atoms with Gasteiger partial charge in [0, 0.05) is 23.5 Å². The number of anilines is 1. The standard InChI is InChI=1S/C22H23N3O2S/c1-15-3-8-17(9-4-15)25-22(19-13-28-14-20(19)24-25)23-21(26)12-7-16-5-10-18(27-2)11-6-16/h3-6,8-11H,7,12-14H2,1-2H3,(H,23,26). The highest BCUT2D eigenvalue weighted by molar-refractivity contribution is 7.98. The quantitative estimate of drug-likeness (QED) is 0.670. The minimum absolute atomic E-state index is 0.00350. The second-order valence-corrected chi connectivity index (χ2v) is 7.90. The van der Waals surface area contributed by atoms with Crippen molar-refractivity contribution in [2.45, 2.75) is 31.3 Å². The fourth-order valence-corrected chi connectivity index (χ4v) is 4.29. The number of carbonyl (C=O) groups excluding carboxylic acids is 1. The zero-order valence-electron chi connectivity index (χ0n) is 16.1. The fourth-order valence-electron chi connectivity index (χ4n) is 3.26. The number of hydrogen-bond donors (Lipinski definition) is 1. The van der Waals surface area contributed by atoms with Crippen LogP contribution >= 0.6 is 11.8 Å². The molecule has 2 heterocycles. The van der Waals surface area contributed by atoms with E-state index in [-0.39, 0.29) is 5.91 Å². The third kappa shape index (κ3) is 3.92. The predicted molar refractivity (Wildman–Crippen MR) is 113 cm³/mol. The lowest BCUT2D eigenvalue weighted by Crippen LogP contribution is -2.16. The lowest BCUT2D eigenvalue weighted by molar-refractivity contribution is -0.116. The number of nitrogens with one attached hydrogen (secondary N) is 1. The molecule has 0 saturated carbocycles. The van der Waals surface area contributed by atoms with Crippen LogP contribution in [-0.4, -0.2) is 22.8 Å². The number of nitrogens with zero attached hydrogens (tertiary/aromatic N) is 2. The van der Waals surface area contributed by atoms with Crippen molar-refractivity contribution in [3.63, 3.8) is 0 Å². The summed E-state index contributed by atoms with van der Waals surface area (Å²) in [4.78, 5) is 12.7. The number of methoxy groups -OCH3 is 1. The molecular formula is C22H23N3O2S. The van der Waals surface area contributed by atoms with E-state index in [1.54, 1.807) is 7.11 Å². The number of benzene rings is 2. The van der Waals surface area contributed by atoms with Crippen LogP contribution in [0.1, 0.15) is 28.8 Å². The number of thioether (sulfide) groups is 1. The molecule has 1 amide bonds. The Morgan fingerprint density at radius 3 is 2.61 bits per heavy atom. The van der Waals surface area contributed by atoms with E-state index >= 15 is 0 Å². The molecule has 1 aliphatic rings. The van der Waals surface area contributed by atoms with Gasteiger partial charge in [0.25, 0.3) is 0 Å². The molecule has 0 bridgehead atoms. The summed E-state index contributed by atoms with van der Waals surface area (Å²) in [6, 6.07) is 16.0. The molecule has 3 aromatic rings. The molecule has 1 aliphatic heterocycles. The summed E-state index contributed by atoms with van der Waals surface area (Å²) in [7, 11) is 1.65. The zero-order chi connectivity index (χ0) is 19.5. The van der Waals surface area contributed by atoms with Crippen LogP contribution in [0.15, 0.2) is 48.5 Å². The minimum atomic E-state index is 0.00350. The molecule has 5 nitrogen and oxygen atoms in total. The molecule has 1 N–H and O–H groups in total. The molecule has 1 aromatic heterocycles. The van der Waals surface area contributed by atoms with E-state index in [1.165, 1.54) is 5.56 Å². The molecule has 0 spiro atoms. The van der Waals surface area contributed by atoms with Gasteiger partial charge in [-0.15, -0.1) is 0 Å². The van der Waals surface area contributed by atoms with Gasteiger partial charge < -0.3 is 10.1 Å². The van der Waals surface area contributed by atoms with E-state index in [0.29, 0.717) is 12.8 Å². The summed E-state index contributed by atoms with van der Waals surface area (Å²) in [5, 5.41) is 7.87. The summed E-state index contributed by atoms with van der Waals surface area (Å²) >= 11 is 1.83. The summed E-state index contributed by atoms with van der Waals surface area (Å²) < 4.78 is 7.05. The van der Waals surface area contributed by atoms with Crippen LogP contribution in [0.4, 0.5) is 5.82 Å². The summed E-state index contributed by atoms with van der Waals surface area (Å²) in [6.07, 6.45) is 1.11. The molecule has 144 valence electrons. The van der Waals surface area contributed by atoms with Gasteiger partial charge in [-0.05, 0) is 43.2 Å². The average molecular weight is 394 g/mol. The van der Waals surface area contributed by atoms with Gasteiger partial charge in [-0.25, -0.2) is 4.68 Å². The highest BCUT2D eigenvalue weighted by atomic mass is 32.2. The monoisotopic (exact) mass is 393 g/mol. The van der Waals surface area contributed by atoms with Crippen molar-refractivity contribution < 1.29 is 9.53 Å². The number of aryl methyl sites for hydroxylation is 2. The highest BCUT2D eigenvalue weighted by Gasteiger charge is 2.24. The van der Waals surface area contributed by atoms with Crippen LogP contribution in [0.3, 0.4) is 0 Å². The molecule has 6 heteroatoms. The first-order valence-electron chi connectivity index (χ1n) is 9.32. The molecule has 0 atom stereocenters. The number of fused-ring (bicyclic) bond motifs is 1. The molecule has 0 radical (unpaired) electrons. The van der Waals surface area contributed by atoms with Crippen molar-refractivity contribution in [1.82, 2.24) is 9.78 Å². The Hall–Kier alpha value is -2.73. The molecule has 0 fully saturated rings. The second-order valence-electron chi connectivity index (χ2n) is 6.91. The molecule has 0 unspecified atom stereocenters. The van der Waals surface area contributed by atoms with Crippen molar-refractivity contribution in [3.05, 3.63) is 70.9 Å². The third-order valence-corrected chi connectivity index (χ3v) is 5.86. The predicted octanol–water partition coefficient (Wildman–Crippen LogP) is 4.51. The van der Waals surface area contributed by atoms with Gasteiger partial charge >= 0.3 is 0 Å². The molecule has 2 aromatic carbocycles. The van der Waals surface area contributed by atoms with Gasteiger partial charge in [0.05, 0.1) is 18.5 Å². The molecule has 28 heavy (non-hydrogen) atoms. The van der Waals surface area contributed by atoms with Crippen molar-refractivity contribution in [2.24, 2.45) is 0 Å². The van der Waals surface area contributed by atoms with E-state index in [9.17, 15) is 4.79 Å². The average Bonchev–Trinajstić information content (AvgIpc) is 3.30.